The van der Waals surface area contributed by atoms with Crippen molar-refractivity contribution in [2.24, 2.45) is 0 Å². The minimum Gasteiger partial charge on any atom is -0.493 e. The zero-order valence-electron chi connectivity index (χ0n) is 15.7. The number of hydrogen-bond donors (Lipinski definition) is 1. The molecule has 2 atom stereocenters. The molecule has 152 valence electrons. The van der Waals surface area contributed by atoms with E-state index in [4.69, 9.17) is 44.0 Å². The maximum atomic E-state index is 13.2. The van der Waals surface area contributed by atoms with Crippen LogP contribution in [0.4, 0.5) is 0 Å². The van der Waals surface area contributed by atoms with Gasteiger partial charge in [0, 0.05) is 51.8 Å². The summed E-state index contributed by atoms with van der Waals surface area (Å²) in [5, 5.41) is 6.31. The summed E-state index contributed by atoms with van der Waals surface area (Å²) in [5.74, 6) is 0.540. The lowest BCUT2D eigenvalue weighted by molar-refractivity contribution is 0.0983. The molecule has 2 aromatic carbocycles. The topological polar surface area (TPSA) is 74.3 Å². The molecule has 5 rings (SSSR count). The van der Waals surface area contributed by atoms with E-state index in [1.807, 2.05) is 0 Å². The first-order valence-electron chi connectivity index (χ1n) is 9.25. The lowest BCUT2D eigenvalue weighted by Gasteiger charge is -2.06. The van der Waals surface area contributed by atoms with E-state index in [9.17, 15) is 4.79 Å². The van der Waals surface area contributed by atoms with Gasteiger partial charge in [0.05, 0.1) is 23.2 Å². The van der Waals surface area contributed by atoms with Gasteiger partial charge in [0.2, 0.25) is 0 Å². The molecule has 1 saturated heterocycles. The fourth-order valence-corrected chi connectivity index (χ4v) is 4.66. The van der Waals surface area contributed by atoms with E-state index >= 15 is 0 Å². The summed E-state index contributed by atoms with van der Waals surface area (Å²) in [6.07, 6.45) is 3.39. The molecule has 1 N–H and O–H groups in total. The SMILES string of the molecule is COc1ccc(C(=O)CC2NC2c2c(Cl)cncc2Cl)c2c1oc1ccc(Cl)cc12. The van der Waals surface area contributed by atoms with Crippen LogP contribution in [0.25, 0.3) is 21.9 Å². The van der Waals surface area contributed by atoms with Gasteiger partial charge in [0.15, 0.2) is 17.1 Å². The van der Waals surface area contributed by atoms with Gasteiger partial charge in [-0.05, 0) is 30.3 Å². The van der Waals surface area contributed by atoms with Gasteiger partial charge in [0.25, 0.3) is 0 Å². The second-order valence-corrected chi connectivity index (χ2v) is 8.41. The number of rotatable bonds is 5. The summed E-state index contributed by atoms with van der Waals surface area (Å²) in [4.78, 5) is 17.2. The Kier molecular flexibility index (Phi) is 4.86. The van der Waals surface area contributed by atoms with E-state index in [1.165, 1.54) is 0 Å². The van der Waals surface area contributed by atoms with E-state index in [0.717, 1.165) is 10.9 Å². The van der Waals surface area contributed by atoms with Crippen molar-refractivity contribution in [2.45, 2.75) is 18.5 Å². The Labute approximate surface area is 186 Å². The standard InChI is InChI=1S/C22H15Cl3N2O3/c1-29-18-5-3-11(19-12-6-10(23)2-4-17(12)30-22(18)19)16(28)7-15-21(27-15)20-13(24)8-26-9-14(20)25/h2-6,8-9,15,21,27H,7H2,1H3. The number of aromatic nitrogens is 1. The van der Waals surface area contributed by atoms with Gasteiger partial charge in [-0.15, -0.1) is 0 Å². The van der Waals surface area contributed by atoms with Crippen molar-refractivity contribution in [3.8, 4) is 5.75 Å². The maximum Gasteiger partial charge on any atom is 0.177 e. The summed E-state index contributed by atoms with van der Waals surface area (Å²) in [6.45, 7) is 0. The Bertz CT molecular complexity index is 1300. The van der Waals surface area contributed by atoms with Gasteiger partial charge in [0.1, 0.15) is 5.58 Å². The smallest absolute Gasteiger partial charge is 0.177 e. The van der Waals surface area contributed by atoms with Crippen LogP contribution in [0.5, 0.6) is 5.75 Å². The van der Waals surface area contributed by atoms with Crippen LogP contribution in [-0.2, 0) is 0 Å². The lowest BCUT2D eigenvalue weighted by Crippen LogP contribution is -2.06. The quantitative estimate of drug-likeness (QED) is 0.281. The molecule has 8 heteroatoms. The maximum absolute atomic E-state index is 13.2. The monoisotopic (exact) mass is 460 g/mol. The number of nitrogens with one attached hydrogen (secondary N) is 1. The minimum atomic E-state index is -0.0822. The molecule has 0 bridgehead atoms. The number of ketones is 1. The number of nitrogens with zero attached hydrogens (tertiary/aromatic N) is 1. The zero-order valence-corrected chi connectivity index (χ0v) is 18.0. The van der Waals surface area contributed by atoms with Crippen molar-refractivity contribution in [3.63, 3.8) is 0 Å². The molecule has 1 fully saturated rings. The molecule has 1 aliphatic rings. The fourth-order valence-electron chi connectivity index (χ4n) is 3.89. The molecule has 0 aliphatic carbocycles. The van der Waals surface area contributed by atoms with Crippen LogP contribution in [0.2, 0.25) is 15.1 Å². The Balaban J connectivity index is 1.52. The van der Waals surface area contributed by atoms with Crippen molar-refractivity contribution >= 4 is 62.5 Å². The zero-order chi connectivity index (χ0) is 21.0. The highest BCUT2D eigenvalue weighted by atomic mass is 35.5. The molecule has 0 saturated carbocycles. The van der Waals surface area contributed by atoms with Gasteiger partial charge >= 0.3 is 0 Å². The third-order valence-electron chi connectivity index (χ3n) is 5.36. The van der Waals surface area contributed by atoms with Gasteiger partial charge in [-0.3, -0.25) is 9.78 Å². The van der Waals surface area contributed by atoms with Gasteiger partial charge in [-0.2, -0.15) is 0 Å². The number of benzene rings is 2. The van der Waals surface area contributed by atoms with Crippen molar-refractivity contribution < 1.29 is 13.9 Å². The molecule has 30 heavy (non-hydrogen) atoms. The fraction of sp³-hybridized carbons (Fsp3) is 0.182. The van der Waals surface area contributed by atoms with E-state index < -0.39 is 0 Å². The molecule has 2 unspecified atom stereocenters. The Hall–Kier alpha value is -2.31. The molecule has 2 aromatic heterocycles. The first-order valence-corrected chi connectivity index (χ1v) is 10.4. The van der Waals surface area contributed by atoms with E-state index in [1.54, 1.807) is 49.8 Å². The normalized spacial score (nSPS) is 18.1. The average Bonchev–Trinajstić information content (AvgIpc) is 3.35. The van der Waals surface area contributed by atoms with Gasteiger partial charge in [-0.1, -0.05) is 34.8 Å². The molecule has 1 aliphatic heterocycles. The molecule has 0 amide bonds. The molecular formula is C22H15Cl3N2O3. The van der Waals surface area contributed by atoms with Crippen LogP contribution in [0.1, 0.15) is 28.4 Å². The largest absolute Gasteiger partial charge is 0.493 e. The Morgan fingerprint density at radius 3 is 2.67 bits per heavy atom. The van der Waals surface area contributed by atoms with E-state index in [-0.39, 0.29) is 24.3 Å². The van der Waals surface area contributed by atoms with Crippen LogP contribution >= 0.6 is 34.8 Å². The first kappa shape index (κ1) is 19.6. The minimum absolute atomic E-state index is 0.0216. The predicted octanol–water partition coefficient (Wildman–Crippen LogP) is 6.24. The number of furan rings is 1. The van der Waals surface area contributed by atoms with Crippen molar-refractivity contribution in [1.29, 1.82) is 0 Å². The molecule has 0 radical (unpaired) electrons. The second kappa shape index (κ2) is 7.43. The van der Waals surface area contributed by atoms with Crippen LogP contribution < -0.4 is 10.1 Å². The number of hydrogen-bond acceptors (Lipinski definition) is 5. The van der Waals surface area contributed by atoms with Crippen LogP contribution in [0, 0.1) is 0 Å². The molecule has 4 aromatic rings. The van der Waals surface area contributed by atoms with Crippen LogP contribution in [-0.4, -0.2) is 23.9 Å². The Morgan fingerprint density at radius 2 is 1.93 bits per heavy atom. The summed E-state index contributed by atoms with van der Waals surface area (Å²) in [5.41, 5.74) is 2.50. The number of Topliss-reactive ketones (excluding diaryl/α,β-unsaturated/α-hetero) is 1. The third-order valence-corrected chi connectivity index (χ3v) is 6.20. The van der Waals surface area contributed by atoms with Crippen LogP contribution in [0.3, 0.4) is 0 Å². The number of methoxy groups -OCH3 is 1. The molecule has 5 nitrogen and oxygen atoms in total. The summed E-state index contributed by atoms with van der Waals surface area (Å²) < 4.78 is 11.4. The highest BCUT2D eigenvalue weighted by Gasteiger charge is 2.41. The third kappa shape index (κ3) is 3.22. The van der Waals surface area contributed by atoms with Gasteiger partial charge < -0.3 is 14.5 Å². The second-order valence-electron chi connectivity index (χ2n) is 7.16. The number of fused-ring (bicyclic) bond motifs is 3. The molecule has 0 spiro atoms. The highest BCUT2D eigenvalue weighted by molar-refractivity contribution is 6.36. The highest BCUT2D eigenvalue weighted by Crippen LogP contribution is 2.42. The number of halogens is 3. The van der Waals surface area contributed by atoms with Crippen molar-refractivity contribution in [1.82, 2.24) is 10.3 Å². The number of carbonyl (C=O) groups is 1. The van der Waals surface area contributed by atoms with E-state index in [2.05, 4.69) is 10.3 Å². The number of carbonyl (C=O) groups excluding carboxylic acids is 1. The Morgan fingerprint density at radius 1 is 1.17 bits per heavy atom. The first-order chi connectivity index (χ1) is 14.5. The summed E-state index contributed by atoms with van der Waals surface area (Å²) >= 11 is 18.7. The molecular weight excluding hydrogens is 447 g/mol. The van der Waals surface area contributed by atoms with Gasteiger partial charge in [-0.25, -0.2) is 0 Å². The average molecular weight is 462 g/mol. The number of pyridine rings is 1. The molecule has 3 heterocycles. The predicted molar refractivity (Wildman–Crippen MR) is 118 cm³/mol. The van der Waals surface area contributed by atoms with Crippen molar-refractivity contribution in [3.05, 3.63) is 68.9 Å². The van der Waals surface area contributed by atoms with Crippen LogP contribution in [0.15, 0.2) is 47.1 Å². The van der Waals surface area contributed by atoms with E-state index in [0.29, 0.717) is 42.9 Å². The summed E-state index contributed by atoms with van der Waals surface area (Å²) in [6, 6.07) is 8.71. The lowest BCUT2D eigenvalue weighted by atomic mass is 9.98. The number of ether oxygens (including phenoxy) is 1. The van der Waals surface area contributed by atoms with Crippen molar-refractivity contribution in [2.75, 3.05) is 7.11 Å². The summed E-state index contributed by atoms with van der Waals surface area (Å²) in [7, 11) is 1.57.